The number of carbonyl (C=O) groups is 2. The highest BCUT2D eigenvalue weighted by Gasteiger charge is 2.13. The highest BCUT2D eigenvalue weighted by Crippen LogP contribution is 2.18. The topological polar surface area (TPSA) is 72.8 Å². The zero-order chi connectivity index (χ0) is 17.2. The highest BCUT2D eigenvalue weighted by atomic mass is 16.6. The van der Waals surface area contributed by atoms with E-state index in [2.05, 4.69) is 6.58 Å². The summed E-state index contributed by atoms with van der Waals surface area (Å²) in [6.07, 6.45) is 3.93. The van der Waals surface area contributed by atoms with Crippen molar-refractivity contribution < 1.29 is 24.2 Å². The molecule has 0 amide bonds. The second-order valence-corrected chi connectivity index (χ2v) is 5.15. The Kier molecular flexibility index (Phi) is 8.30. The summed E-state index contributed by atoms with van der Waals surface area (Å²) in [5.74, 6) is -0.610. The van der Waals surface area contributed by atoms with Crippen LogP contribution < -0.4 is 4.74 Å². The number of hydrogen-bond donors (Lipinski definition) is 1. The summed E-state index contributed by atoms with van der Waals surface area (Å²) in [5, 5.41) is 7.60. The maximum Gasteiger partial charge on any atom is 0.331 e. The van der Waals surface area contributed by atoms with Gasteiger partial charge in [0.1, 0.15) is 11.4 Å². The van der Waals surface area contributed by atoms with Gasteiger partial charge >= 0.3 is 11.9 Å². The molecule has 0 saturated heterocycles. The lowest BCUT2D eigenvalue weighted by Crippen LogP contribution is -2.22. The Morgan fingerprint density at radius 2 is 1.77 bits per heavy atom. The molecule has 1 aromatic carbocycles. The van der Waals surface area contributed by atoms with E-state index in [1.54, 1.807) is 13.2 Å². The molecule has 0 heterocycles. The summed E-state index contributed by atoms with van der Waals surface area (Å²) in [5.41, 5.74) is 0.378. The second kappa shape index (κ2) is 9.39. The highest BCUT2D eigenvalue weighted by molar-refractivity contribution is 5.87. The van der Waals surface area contributed by atoms with Crippen LogP contribution in [0.3, 0.4) is 0 Å². The third-order valence-electron chi connectivity index (χ3n) is 2.12. The van der Waals surface area contributed by atoms with E-state index in [-0.39, 0.29) is 5.97 Å². The van der Waals surface area contributed by atoms with Crippen molar-refractivity contribution in [3.8, 4) is 5.75 Å². The first-order valence-corrected chi connectivity index (χ1v) is 6.59. The summed E-state index contributed by atoms with van der Waals surface area (Å²) in [7, 11) is 1.60. The molecular formula is C17H22O5. The van der Waals surface area contributed by atoms with Gasteiger partial charge in [0.05, 0.1) is 7.11 Å². The predicted molar refractivity (Wildman–Crippen MR) is 85.7 cm³/mol. The molecule has 5 nitrogen and oxygen atoms in total. The number of rotatable bonds is 4. The van der Waals surface area contributed by atoms with E-state index < -0.39 is 11.6 Å². The number of carboxylic acids is 1. The normalized spacial score (nSPS) is 10.4. The Hall–Kier alpha value is -2.56. The first-order chi connectivity index (χ1) is 10.2. The summed E-state index contributed by atoms with van der Waals surface area (Å²) in [6, 6.07) is 7.48. The molecule has 0 fully saturated rings. The van der Waals surface area contributed by atoms with Gasteiger partial charge in [-0.05, 0) is 32.9 Å². The second-order valence-electron chi connectivity index (χ2n) is 5.15. The van der Waals surface area contributed by atoms with Crippen LogP contribution in [0.5, 0.6) is 5.75 Å². The summed E-state index contributed by atoms with van der Waals surface area (Å²) in [6.45, 7) is 8.47. The number of esters is 1. The quantitative estimate of drug-likeness (QED) is 0.682. The zero-order valence-corrected chi connectivity index (χ0v) is 13.3. The molecule has 1 N–H and O–H groups in total. The average Bonchev–Trinajstić information content (AvgIpc) is 2.44. The van der Waals surface area contributed by atoms with Gasteiger partial charge in [0, 0.05) is 17.7 Å². The molecule has 0 aliphatic carbocycles. The summed E-state index contributed by atoms with van der Waals surface area (Å²) < 4.78 is 10.3. The minimum Gasteiger partial charge on any atom is -0.496 e. The molecule has 5 heteroatoms. The lowest BCUT2D eigenvalue weighted by Gasteiger charge is -2.17. The van der Waals surface area contributed by atoms with Crippen molar-refractivity contribution >= 4 is 18.0 Å². The van der Waals surface area contributed by atoms with Crippen molar-refractivity contribution in [2.45, 2.75) is 26.4 Å². The molecule has 1 rings (SSSR count). The van der Waals surface area contributed by atoms with Crippen LogP contribution in [0.2, 0.25) is 0 Å². The van der Waals surface area contributed by atoms with Crippen LogP contribution in [0.15, 0.2) is 43.0 Å². The fourth-order valence-electron chi connectivity index (χ4n) is 1.30. The van der Waals surface area contributed by atoms with Crippen LogP contribution in [0.25, 0.3) is 6.08 Å². The largest absolute Gasteiger partial charge is 0.496 e. The van der Waals surface area contributed by atoms with E-state index in [4.69, 9.17) is 14.6 Å². The third kappa shape index (κ3) is 9.36. The lowest BCUT2D eigenvalue weighted by molar-refractivity contribution is -0.148. The predicted octanol–water partition coefficient (Wildman–Crippen LogP) is 3.31. The van der Waals surface area contributed by atoms with Gasteiger partial charge in [0.15, 0.2) is 0 Å². The standard InChI is InChI=1S/C14H18O3.C3H4O2/c1-14(2,3)17-13(15)10-9-11-7-5-6-8-12(11)16-4;1-2-3(4)5/h5-10H,1-4H3;2H,1H2,(H,4,5)/b10-9+;. The van der Waals surface area contributed by atoms with Crippen molar-refractivity contribution in [3.05, 3.63) is 48.6 Å². The van der Waals surface area contributed by atoms with E-state index in [1.165, 1.54) is 6.08 Å². The van der Waals surface area contributed by atoms with Crippen LogP contribution >= 0.6 is 0 Å². The first kappa shape index (κ1) is 19.4. The van der Waals surface area contributed by atoms with Gasteiger partial charge in [-0.2, -0.15) is 0 Å². The van der Waals surface area contributed by atoms with E-state index in [0.29, 0.717) is 0 Å². The van der Waals surface area contributed by atoms with Crippen molar-refractivity contribution in [1.29, 1.82) is 0 Å². The fourth-order valence-corrected chi connectivity index (χ4v) is 1.30. The number of hydrogen-bond acceptors (Lipinski definition) is 4. The number of benzene rings is 1. The minimum atomic E-state index is -0.981. The Morgan fingerprint density at radius 1 is 1.23 bits per heavy atom. The smallest absolute Gasteiger partial charge is 0.331 e. The molecule has 0 aromatic heterocycles. The molecule has 0 aliphatic rings. The summed E-state index contributed by atoms with van der Waals surface area (Å²) >= 11 is 0. The molecule has 120 valence electrons. The van der Waals surface area contributed by atoms with E-state index >= 15 is 0 Å². The molecule has 0 unspecified atom stereocenters. The van der Waals surface area contributed by atoms with Crippen LogP contribution in [0.1, 0.15) is 26.3 Å². The number of methoxy groups -OCH3 is 1. The fraction of sp³-hybridized carbons (Fsp3) is 0.294. The van der Waals surface area contributed by atoms with Gasteiger partial charge in [-0.15, -0.1) is 0 Å². The molecular weight excluding hydrogens is 284 g/mol. The van der Waals surface area contributed by atoms with Crippen LogP contribution in [0, 0.1) is 0 Å². The minimum absolute atomic E-state index is 0.358. The molecule has 1 aromatic rings. The number of carboxylic acid groups (broad SMARTS) is 1. The van der Waals surface area contributed by atoms with Gasteiger partial charge in [-0.3, -0.25) is 0 Å². The van der Waals surface area contributed by atoms with Crippen molar-refractivity contribution in [2.24, 2.45) is 0 Å². The van der Waals surface area contributed by atoms with Gasteiger partial charge in [-0.25, -0.2) is 9.59 Å². The van der Waals surface area contributed by atoms with Crippen molar-refractivity contribution in [2.75, 3.05) is 7.11 Å². The number of para-hydroxylation sites is 1. The van der Waals surface area contributed by atoms with Crippen LogP contribution in [-0.2, 0) is 14.3 Å². The third-order valence-corrected chi connectivity index (χ3v) is 2.12. The number of carbonyl (C=O) groups excluding carboxylic acids is 1. The molecule has 22 heavy (non-hydrogen) atoms. The van der Waals surface area contributed by atoms with Gasteiger partial charge in [0.2, 0.25) is 0 Å². The van der Waals surface area contributed by atoms with Crippen LogP contribution in [-0.4, -0.2) is 29.8 Å². The molecule has 0 spiro atoms. The van der Waals surface area contributed by atoms with E-state index in [0.717, 1.165) is 17.4 Å². The van der Waals surface area contributed by atoms with Gasteiger partial charge < -0.3 is 14.6 Å². The number of aliphatic carboxylic acids is 1. The lowest BCUT2D eigenvalue weighted by atomic mass is 10.2. The maximum absolute atomic E-state index is 11.5. The maximum atomic E-state index is 11.5. The Balaban J connectivity index is 0.000000763. The number of ether oxygens (including phenoxy) is 2. The molecule has 0 bridgehead atoms. The molecule has 0 saturated carbocycles. The van der Waals surface area contributed by atoms with Crippen molar-refractivity contribution in [3.63, 3.8) is 0 Å². The SMILES string of the molecule is C=CC(=O)O.COc1ccccc1/C=C/C(=O)OC(C)(C)C. The van der Waals surface area contributed by atoms with Gasteiger partial charge in [-0.1, -0.05) is 24.8 Å². The van der Waals surface area contributed by atoms with Crippen molar-refractivity contribution in [1.82, 2.24) is 0 Å². The summed E-state index contributed by atoms with van der Waals surface area (Å²) in [4.78, 5) is 20.7. The molecule has 0 aliphatic heterocycles. The zero-order valence-electron chi connectivity index (χ0n) is 13.3. The first-order valence-electron chi connectivity index (χ1n) is 6.59. The Labute approximate surface area is 130 Å². The Morgan fingerprint density at radius 3 is 2.23 bits per heavy atom. The van der Waals surface area contributed by atoms with E-state index in [9.17, 15) is 9.59 Å². The average molecular weight is 306 g/mol. The van der Waals surface area contributed by atoms with E-state index in [1.807, 2.05) is 45.0 Å². The van der Waals surface area contributed by atoms with Crippen LogP contribution in [0.4, 0.5) is 0 Å². The van der Waals surface area contributed by atoms with Gasteiger partial charge in [0.25, 0.3) is 0 Å². The monoisotopic (exact) mass is 306 g/mol. The molecule has 0 radical (unpaired) electrons. The Bertz CT molecular complexity index is 538. The molecule has 0 atom stereocenters.